The molecule has 0 atom stereocenters. The smallest absolute Gasteiger partial charge is 0.341 e. The summed E-state index contributed by atoms with van der Waals surface area (Å²) in [4.78, 5) is 11.7. The molecule has 1 aliphatic rings. The van der Waals surface area contributed by atoms with Crippen molar-refractivity contribution < 1.29 is 14.3 Å². The van der Waals surface area contributed by atoms with Crippen LogP contribution in [0.25, 0.3) is 0 Å². The van der Waals surface area contributed by atoms with Crippen LogP contribution < -0.4 is 4.74 Å². The number of carbonyl (C=O) groups is 1. The standard InChI is InChI=1S/C14H18O3/c1-4-17-13-7-9(2)11(10-5-6-10)8-12(13)14(15)16-3/h7-8,10H,4-6H2,1-3H3. The molecule has 0 radical (unpaired) electrons. The van der Waals surface area contributed by atoms with Gasteiger partial charge in [-0.25, -0.2) is 4.79 Å². The van der Waals surface area contributed by atoms with Gasteiger partial charge >= 0.3 is 5.97 Å². The van der Waals surface area contributed by atoms with Crippen LogP contribution in [0.4, 0.5) is 0 Å². The van der Waals surface area contributed by atoms with Crippen LogP contribution in [0.2, 0.25) is 0 Å². The summed E-state index contributed by atoms with van der Waals surface area (Å²) in [5, 5.41) is 0. The summed E-state index contributed by atoms with van der Waals surface area (Å²) >= 11 is 0. The predicted octanol–water partition coefficient (Wildman–Crippen LogP) is 3.06. The maximum Gasteiger partial charge on any atom is 0.341 e. The van der Waals surface area contributed by atoms with Gasteiger partial charge in [-0.2, -0.15) is 0 Å². The summed E-state index contributed by atoms with van der Waals surface area (Å²) < 4.78 is 10.3. The molecule has 2 rings (SSSR count). The normalized spacial score (nSPS) is 14.5. The number of ether oxygens (including phenoxy) is 2. The first-order chi connectivity index (χ1) is 8.17. The van der Waals surface area contributed by atoms with Gasteiger partial charge in [-0.05, 0) is 55.9 Å². The Labute approximate surface area is 102 Å². The van der Waals surface area contributed by atoms with E-state index in [1.165, 1.54) is 31.1 Å². The quantitative estimate of drug-likeness (QED) is 0.751. The van der Waals surface area contributed by atoms with E-state index in [4.69, 9.17) is 9.47 Å². The average Bonchev–Trinajstić information content (AvgIpc) is 3.13. The first-order valence-electron chi connectivity index (χ1n) is 6.03. The predicted molar refractivity (Wildman–Crippen MR) is 65.7 cm³/mol. The molecule has 0 bridgehead atoms. The third kappa shape index (κ3) is 2.43. The van der Waals surface area contributed by atoms with E-state index in [0.717, 1.165) is 0 Å². The first-order valence-corrected chi connectivity index (χ1v) is 6.03. The van der Waals surface area contributed by atoms with Crippen LogP contribution >= 0.6 is 0 Å². The van der Waals surface area contributed by atoms with E-state index < -0.39 is 0 Å². The lowest BCUT2D eigenvalue weighted by Gasteiger charge is -2.13. The van der Waals surface area contributed by atoms with Crippen molar-refractivity contribution in [1.29, 1.82) is 0 Å². The highest BCUT2D eigenvalue weighted by atomic mass is 16.5. The fourth-order valence-electron chi connectivity index (χ4n) is 2.08. The van der Waals surface area contributed by atoms with Crippen molar-refractivity contribution in [3.05, 3.63) is 28.8 Å². The van der Waals surface area contributed by atoms with E-state index in [1.807, 2.05) is 19.1 Å². The van der Waals surface area contributed by atoms with Gasteiger partial charge in [0, 0.05) is 0 Å². The summed E-state index contributed by atoms with van der Waals surface area (Å²) in [5.41, 5.74) is 3.00. The molecule has 0 amide bonds. The number of hydrogen-bond acceptors (Lipinski definition) is 3. The van der Waals surface area contributed by atoms with Crippen LogP contribution in [-0.2, 0) is 4.74 Å². The second-order valence-electron chi connectivity index (χ2n) is 4.40. The van der Waals surface area contributed by atoms with Gasteiger partial charge in [-0.15, -0.1) is 0 Å². The van der Waals surface area contributed by atoms with Gasteiger partial charge in [0.05, 0.1) is 13.7 Å². The average molecular weight is 234 g/mol. The Bertz CT molecular complexity index is 433. The molecule has 1 aliphatic carbocycles. The maximum absolute atomic E-state index is 11.7. The Kier molecular flexibility index (Phi) is 3.36. The van der Waals surface area contributed by atoms with Crippen molar-refractivity contribution in [1.82, 2.24) is 0 Å². The summed E-state index contributed by atoms with van der Waals surface area (Å²) in [7, 11) is 1.40. The third-order valence-electron chi connectivity index (χ3n) is 3.09. The van der Waals surface area contributed by atoms with Crippen LogP contribution in [0.3, 0.4) is 0 Å². The van der Waals surface area contributed by atoms with Crippen molar-refractivity contribution in [2.45, 2.75) is 32.6 Å². The van der Waals surface area contributed by atoms with Gasteiger partial charge in [0.2, 0.25) is 0 Å². The zero-order valence-corrected chi connectivity index (χ0v) is 10.6. The molecular formula is C14H18O3. The van der Waals surface area contributed by atoms with E-state index in [0.29, 0.717) is 23.8 Å². The van der Waals surface area contributed by atoms with Gasteiger partial charge in [0.25, 0.3) is 0 Å². The summed E-state index contributed by atoms with van der Waals surface area (Å²) in [6.07, 6.45) is 2.44. The van der Waals surface area contributed by atoms with Gasteiger partial charge < -0.3 is 9.47 Å². The molecule has 1 aromatic carbocycles. The molecule has 0 saturated heterocycles. The van der Waals surface area contributed by atoms with E-state index in [-0.39, 0.29) is 5.97 Å². The summed E-state index contributed by atoms with van der Waals surface area (Å²) in [6.45, 7) is 4.52. The van der Waals surface area contributed by atoms with Crippen molar-refractivity contribution in [2.75, 3.05) is 13.7 Å². The summed E-state index contributed by atoms with van der Waals surface area (Å²) in [5.74, 6) is 0.922. The molecule has 0 heterocycles. The van der Waals surface area contributed by atoms with Gasteiger partial charge in [0.1, 0.15) is 11.3 Å². The Hall–Kier alpha value is -1.51. The van der Waals surface area contributed by atoms with Crippen molar-refractivity contribution in [3.63, 3.8) is 0 Å². The number of esters is 1. The highest BCUT2D eigenvalue weighted by Crippen LogP contribution is 2.43. The van der Waals surface area contributed by atoms with Crippen LogP contribution in [-0.4, -0.2) is 19.7 Å². The van der Waals surface area contributed by atoms with E-state index in [9.17, 15) is 4.79 Å². The SMILES string of the molecule is CCOc1cc(C)c(C2CC2)cc1C(=O)OC. The molecule has 17 heavy (non-hydrogen) atoms. The van der Waals surface area contributed by atoms with E-state index in [2.05, 4.69) is 6.92 Å². The number of aryl methyl sites for hydroxylation is 1. The number of benzene rings is 1. The molecule has 0 N–H and O–H groups in total. The van der Waals surface area contributed by atoms with Gasteiger partial charge in [-0.3, -0.25) is 0 Å². The lowest BCUT2D eigenvalue weighted by molar-refractivity contribution is 0.0596. The first kappa shape index (κ1) is 12.0. The topological polar surface area (TPSA) is 35.5 Å². The molecule has 0 aromatic heterocycles. The number of methoxy groups -OCH3 is 1. The molecule has 0 aliphatic heterocycles. The number of hydrogen-bond donors (Lipinski definition) is 0. The molecule has 1 aromatic rings. The highest BCUT2D eigenvalue weighted by molar-refractivity contribution is 5.93. The highest BCUT2D eigenvalue weighted by Gasteiger charge is 2.27. The minimum atomic E-state index is -0.324. The zero-order chi connectivity index (χ0) is 12.4. The van der Waals surface area contributed by atoms with Crippen LogP contribution in [0, 0.1) is 6.92 Å². The maximum atomic E-state index is 11.7. The van der Waals surface area contributed by atoms with Crippen LogP contribution in [0.15, 0.2) is 12.1 Å². The molecule has 1 saturated carbocycles. The lowest BCUT2D eigenvalue weighted by Crippen LogP contribution is -2.07. The minimum absolute atomic E-state index is 0.324. The van der Waals surface area contributed by atoms with E-state index >= 15 is 0 Å². The molecule has 0 unspecified atom stereocenters. The largest absolute Gasteiger partial charge is 0.493 e. The Balaban J connectivity index is 2.43. The van der Waals surface area contributed by atoms with Gasteiger partial charge in [-0.1, -0.05) is 0 Å². The van der Waals surface area contributed by atoms with E-state index in [1.54, 1.807) is 0 Å². The van der Waals surface area contributed by atoms with Crippen molar-refractivity contribution in [3.8, 4) is 5.75 Å². The Morgan fingerprint density at radius 3 is 2.65 bits per heavy atom. The number of rotatable bonds is 4. The molecule has 3 heteroatoms. The second-order valence-corrected chi connectivity index (χ2v) is 4.40. The summed E-state index contributed by atoms with van der Waals surface area (Å²) in [6, 6.07) is 3.88. The molecule has 0 spiro atoms. The molecule has 3 nitrogen and oxygen atoms in total. The second kappa shape index (κ2) is 4.78. The molecule has 92 valence electrons. The van der Waals surface area contributed by atoms with Crippen LogP contribution in [0.1, 0.15) is 47.2 Å². The van der Waals surface area contributed by atoms with Crippen molar-refractivity contribution >= 4 is 5.97 Å². The monoisotopic (exact) mass is 234 g/mol. The fraction of sp³-hybridized carbons (Fsp3) is 0.500. The van der Waals surface area contributed by atoms with Crippen molar-refractivity contribution in [2.24, 2.45) is 0 Å². The van der Waals surface area contributed by atoms with Crippen LogP contribution in [0.5, 0.6) is 5.75 Å². The third-order valence-corrected chi connectivity index (χ3v) is 3.09. The number of carbonyl (C=O) groups excluding carboxylic acids is 1. The molecular weight excluding hydrogens is 216 g/mol. The Morgan fingerprint density at radius 2 is 2.12 bits per heavy atom. The Morgan fingerprint density at radius 1 is 1.41 bits per heavy atom. The fourth-order valence-corrected chi connectivity index (χ4v) is 2.08. The lowest BCUT2D eigenvalue weighted by atomic mass is 10.00. The zero-order valence-electron chi connectivity index (χ0n) is 10.6. The molecule has 1 fully saturated rings. The van der Waals surface area contributed by atoms with Gasteiger partial charge in [0.15, 0.2) is 0 Å². The minimum Gasteiger partial charge on any atom is -0.493 e.